The van der Waals surface area contributed by atoms with E-state index in [2.05, 4.69) is 41.1 Å². The molecular formula is C21H27N3O. The maximum atomic E-state index is 12.4. The fraction of sp³-hybridized carbons (Fsp3) is 0.524. The van der Waals surface area contributed by atoms with Crippen molar-refractivity contribution in [3.63, 3.8) is 0 Å². The number of rotatable bonds is 6. The van der Waals surface area contributed by atoms with Crippen molar-refractivity contribution in [3.05, 3.63) is 62.8 Å². The van der Waals surface area contributed by atoms with Gasteiger partial charge in [-0.15, -0.1) is 0 Å². The monoisotopic (exact) mass is 337 g/mol. The predicted molar refractivity (Wildman–Crippen MR) is 99.7 cm³/mol. The maximum Gasteiger partial charge on any atom is 0.255 e. The van der Waals surface area contributed by atoms with E-state index in [1.54, 1.807) is 0 Å². The molecule has 4 nitrogen and oxygen atoms in total. The molecule has 4 rings (SSSR count). The molecule has 0 unspecified atom stereocenters. The SMILES string of the molecule is CCCCc1ccc(CN2CCc3nc(C4CC4)[nH]c(=O)c3C2)cc1. The van der Waals surface area contributed by atoms with E-state index in [4.69, 9.17) is 4.98 Å². The Morgan fingerprint density at radius 1 is 1.20 bits per heavy atom. The van der Waals surface area contributed by atoms with Crippen molar-refractivity contribution in [2.75, 3.05) is 6.54 Å². The Kier molecular flexibility index (Phi) is 4.71. The quantitative estimate of drug-likeness (QED) is 0.877. The second-order valence-electron chi connectivity index (χ2n) is 7.53. The van der Waals surface area contributed by atoms with Crippen molar-refractivity contribution in [3.8, 4) is 0 Å². The first-order valence-corrected chi connectivity index (χ1v) is 9.65. The van der Waals surface area contributed by atoms with Crippen LogP contribution in [0.3, 0.4) is 0 Å². The molecular weight excluding hydrogens is 310 g/mol. The molecule has 1 N–H and O–H groups in total. The Morgan fingerprint density at radius 3 is 2.68 bits per heavy atom. The Morgan fingerprint density at radius 2 is 1.96 bits per heavy atom. The summed E-state index contributed by atoms with van der Waals surface area (Å²) in [5, 5.41) is 0. The summed E-state index contributed by atoms with van der Waals surface area (Å²) < 4.78 is 0. The normalized spacial score (nSPS) is 17.5. The minimum Gasteiger partial charge on any atom is -0.310 e. The number of nitrogens with one attached hydrogen (secondary N) is 1. The van der Waals surface area contributed by atoms with Crippen LogP contribution >= 0.6 is 0 Å². The van der Waals surface area contributed by atoms with Gasteiger partial charge in [-0.25, -0.2) is 4.98 Å². The number of fused-ring (bicyclic) bond motifs is 1. The summed E-state index contributed by atoms with van der Waals surface area (Å²) in [6.45, 7) is 4.81. The van der Waals surface area contributed by atoms with Crippen molar-refractivity contribution in [2.45, 2.75) is 64.5 Å². The number of aryl methyl sites for hydroxylation is 1. The van der Waals surface area contributed by atoms with E-state index < -0.39 is 0 Å². The molecule has 1 aromatic carbocycles. The fourth-order valence-corrected chi connectivity index (χ4v) is 3.64. The molecule has 1 aromatic heterocycles. The lowest BCUT2D eigenvalue weighted by Gasteiger charge is -2.27. The molecule has 1 saturated carbocycles. The Bertz CT molecular complexity index is 790. The van der Waals surface area contributed by atoms with E-state index in [1.165, 1.54) is 36.8 Å². The van der Waals surface area contributed by atoms with Crippen LogP contribution < -0.4 is 5.56 Å². The van der Waals surface area contributed by atoms with Gasteiger partial charge < -0.3 is 4.98 Å². The summed E-state index contributed by atoms with van der Waals surface area (Å²) in [6.07, 6.45) is 6.87. The van der Waals surface area contributed by atoms with Gasteiger partial charge in [-0.2, -0.15) is 0 Å². The van der Waals surface area contributed by atoms with Crippen LogP contribution in [0.4, 0.5) is 0 Å². The van der Waals surface area contributed by atoms with Crippen LogP contribution in [0.2, 0.25) is 0 Å². The Hall–Kier alpha value is -1.94. The van der Waals surface area contributed by atoms with Gasteiger partial charge in [0, 0.05) is 32.0 Å². The number of benzene rings is 1. The average Bonchev–Trinajstić information content (AvgIpc) is 3.47. The van der Waals surface area contributed by atoms with Crippen molar-refractivity contribution < 1.29 is 0 Å². The highest BCUT2D eigenvalue weighted by molar-refractivity contribution is 5.25. The number of hydrogen-bond acceptors (Lipinski definition) is 3. The smallest absolute Gasteiger partial charge is 0.255 e. The number of aromatic amines is 1. The molecule has 4 heteroatoms. The summed E-state index contributed by atoms with van der Waals surface area (Å²) in [6, 6.07) is 8.97. The number of H-pyrrole nitrogens is 1. The van der Waals surface area contributed by atoms with Gasteiger partial charge in [0.2, 0.25) is 0 Å². The van der Waals surface area contributed by atoms with Gasteiger partial charge in [0.1, 0.15) is 5.82 Å². The van der Waals surface area contributed by atoms with Crippen molar-refractivity contribution in [1.82, 2.24) is 14.9 Å². The summed E-state index contributed by atoms with van der Waals surface area (Å²) in [4.78, 5) is 22.5. The van der Waals surface area contributed by atoms with Crippen LogP contribution in [-0.4, -0.2) is 21.4 Å². The van der Waals surface area contributed by atoms with Crippen LogP contribution in [0, 0.1) is 0 Å². The lowest BCUT2D eigenvalue weighted by atomic mass is 10.0. The molecule has 132 valence electrons. The Labute approximate surface area is 149 Å². The molecule has 2 aliphatic rings. The highest BCUT2D eigenvalue weighted by atomic mass is 16.1. The largest absolute Gasteiger partial charge is 0.310 e. The van der Waals surface area contributed by atoms with Crippen LogP contribution in [0.15, 0.2) is 29.1 Å². The van der Waals surface area contributed by atoms with Gasteiger partial charge in [0.25, 0.3) is 5.56 Å². The molecule has 0 saturated heterocycles. The molecule has 0 radical (unpaired) electrons. The molecule has 25 heavy (non-hydrogen) atoms. The van der Waals surface area contributed by atoms with Crippen LogP contribution in [0.1, 0.15) is 66.7 Å². The van der Waals surface area contributed by atoms with E-state index in [1.807, 2.05) is 0 Å². The zero-order chi connectivity index (χ0) is 17.2. The van der Waals surface area contributed by atoms with Crippen LogP contribution in [0.5, 0.6) is 0 Å². The zero-order valence-corrected chi connectivity index (χ0v) is 15.1. The average molecular weight is 337 g/mol. The summed E-state index contributed by atoms with van der Waals surface area (Å²) in [7, 11) is 0. The van der Waals surface area contributed by atoms with Gasteiger partial charge in [0.05, 0.1) is 11.3 Å². The second kappa shape index (κ2) is 7.12. The van der Waals surface area contributed by atoms with E-state index in [9.17, 15) is 4.79 Å². The van der Waals surface area contributed by atoms with Gasteiger partial charge in [-0.1, -0.05) is 37.6 Å². The molecule has 0 bridgehead atoms. The van der Waals surface area contributed by atoms with Gasteiger partial charge in [0.15, 0.2) is 0 Å². The van der Waals surface area contributed by atoms with Crippen molar-refractivity contribution in [1.29, 1.82) is 0 Å². The molecule has 0 amide bonds. The minimum absolute atomic E-state index is 0.0755. The van der Waals surface area contributed by atoms with Crippen molar-refractivity contribution in [2.24, 2.45) is 0 Å². The molecule has 2 heterocycles. The molecule has 1 aliphatic heterocycles. The van der Waals surface area contributed by atoms with Gasteiger partial charge in [-0.3, -0.25) is 9.69 Å². The maximum absolute atomic E-state index is 12.4. The van der Waals surface area contributed by atoms with Crippen LogP contribution in [0.25, 0.3) is 0 Å². The molecule has 1 fully saturated rings. The lowest BCUT2D eigenvalue weighted by molar-refractivity contribution is 0.241. The third-order valence-corrected chi connectivity index (χ3v) is 5.38. The third kappa shape index (κ3) is 3.84. The number of nitrogens with zero attached hydrogens (tertiary/aromatic N) is 2. The summed E-state index contributed by atoms with van der Waals surface area (Å²) in [5.41, 5.74) is 4.71. The summed E-state index contributed by atoms with van der Waals surface area (Å²) in [5.74, 6) is 1.42. The Balaban J connectivity index is 1.43. The van der Waals surface area contributed by atoms with Crippen molar-refractivity contribution >= 4 is 0 Å². The van der Waals surface area contributed by atoms with E-state index in [0.29, 0.717) is 12.5 Å². The first kappa shape index (κ1) is 16.5. The number of aromatic nitrogens is 2. The minimum atomic E-state index is 0.0755. The summed E-state index contributed by atoms with van der Waals surface area (Å²) >= 11 is 0. The molecule has 0 atom stereocenters. The third-order valence-electron chi connectivity index (χ3n) is 5.38. The molecule has 1 aliphatic carbocycles. The topological polar surface area (TPSA) is 49.0 Å². The van der Waals surface area contributed by atoms with E-state index >= 15 is 0 Å². The van der Waals surface area contributed by atoms with E-state index in [0.717, 1.165) is 43.0 Å². The second-order valence-corrected chi connectivity index (χ2v) is 7.53. The lowest BCUT2D eigenvalue weighted by Crippen LogP contribution is -2.35. The van der Waals surface area contributed by atoms with Gasteiger partial charge in [-0.05, 0) is 36.8 Å². The van der Waals surface area contributed by atoms with Crippen LogP contribution in [-0.2, 0) is 25.9 Å². The number of unbranched alkanes of at least 4 members (excludes halogenated alkanes) is 1. The highest BCUT2D eigenvalue weighted by Crippen LogP contribution is 2.37. The highest BCUT2D eigenvalue weighted by Gasteiger charge is 2.29. The standard InChI is InChI=1S/C21H27N3O/c1-2-3-4-15-5-7-16(8-6-15)13-24-12-11-19-18(14-24)21(25)23-20(22-19)17-9-10-17/h5-8,17H,2-4,9-14H2,1H3,(H,22,23,25). The first-order valence-electron chi connectivity index (χ1n) is 9.65. The molecule has 0 spiro atoms. The predicted octanol–water partition coefficient (Wildman–Crippen LogP) is 3.55. The first-order chi connectivity index (χ1) is 12.2. The van der Waals surface area contributed by atoms with Gasteiger partial charge >= 0.3 is 0 Å². The molecule has 2 aromatic rings. The fourth-order valence-electron chi connectivity index (χ4n) is 3.64. The zero-order valence-electron chi connectivity index (χ0n) is 15.1. The van der Waals surface area contributed by atoms with E-state index in [-0.39, 0.29) is 5.56 Å². The number of hydrogen-bond donors (Lipinski definition) is 1.